The molecule has 2 saturated carbocycles. The van der Waals surface area contributed by atoms with Gasteiger partial charge in [0.05, 0.1) is 6.07 Å². The highest BCUT2D eigenvalue weighted by Crippen LogP contribution is 2.40. The molecule has 2 aliphatic carbocycles. The first-order valence-corrected chi connectivity index (χ1v) is 6.53. The number of rotatable bonds is 3. The molecule has 4 nitrogen and oxygen atoms in total. The van der Waals surface area contributed by atoms with Crippen LogP contribution in [0, 0.1) is 22.7 Å². The van der Waals surface area contributed by atoms with Crippen molar-refractivity contribution in [3.05, 3.63) is 0 Å². The molecule has 0 atom stereocenters. The van der Waals surface area contributed by atoms with Gasteiger partial charge in [0.1, 0.15) is 5.41 Å². The summed E-state index contributed by atoms with van der Waals surface area (Å²) in [6.45, 7) is 0.253. The van der Waals surface area contributed by atoms with Gasteiger partial charge in [0.25, 0.3) is 0 Å². The Morgan fingerprint density at radius 2 is 2.00 bits per heavy atom. The van der Waals surface area contributed by atoms with Gasteiger partial charge in [-0.15, -0.1) is 0 Å². The van der Waals surface area contributed by atoms with Gasteiger partial charge < -0.3 is 10.4 Å². The summed E-state index contributed by atoms with van der Waals surface area (Å²) in [6, 6.07) is 2.38. The minimum atomic E-state index is -0.728. The van der Waals surface area contributed by atoms with E-state index in [0.29, 0.717) is 18.8 Å². The van der Waals surface area contributed by atoms with E-state index in [-0.39, 0.29) is 18.6 Å². The van der Waals surface area contributed by atoms with Crippen molar-refractivity contribution in [1.82, 2.24) is 5.32 Å². The van der Waals surface area contributed by atoms with Crippen LogP contribution in [0.3, 0.4) is 0 Å². The molecule has 0 aliphatic heterocycles. The number of hydrogen-bond acceptors (Lipinski definition) is 3. The SMILES string of the molecule is N#CC1(C(=O)NC2CCC(CO)CC2)CCC1. The number of aliphatic hydroxyl groups is 1. The average Bonchev–Trinajstić information content (AvgIpc) is 2.29. The first-order chi connectivity index (χ1) is 8.20. The number of carbonyl (C=O) groups is 1. The zero-order valence-corrected chi connectivity index (χ0v) is 10.1. The molecule has 0 heterocycles. The Balaban J connectivity index is 1.82. The smallest absolute Gasteiger partial charge is 0.240 e. The van der Waals surface area contributed by atoms with Crippen LogP contribution in [-0.4, -0.2) is 23.7 Å². The fraction of sp³-hybridized carbons (Fsp3) is 0.846. The highest BCUT2D eigenvalue weighted by Gasteiger charge is 2.45. The Kier molecular flexibility index (Phi) is 3.68. The predicted octanol–water partition coefficient (Wildman–Crippen LogP) is 1.35. The maximum Gasteiger partial charge on any atom is 0.240 e. The molecule has 0 aromatic carbocycles. The number of nitrogens with one attached hydrogen (secondary N) is 1. The Labute approximate surface area is 102 Å². The summed E-state index contributed by atoms with van der Waals surface area (Å²) in [4.78, 5) is 12.0. The molecule has 2 N–H and O–H groups in total. The van der Waals surface area contributed by atoms with Crippen LogP contribution >= 0.6 is 0 Å². The van der Waals surface area contributed by atoms with E-state index in [9.17, 15) is 4.79 Å². The van der Waals surface area contributed by atoms with E-state index in [1.807, 2.05) is 0 Å². The van der Waals surface area contributed by atoms with Crippen LogP contribution in [0.25, 0.3) is 0 Å². The summed E-state index contributed by atoms with van der Waals surface area (Å²) in [5.41, 5.74) is -0.728. The number of amides is 1. The number of hydrogen-bond donors (Lipinski definition) is 2. The van der Waals surface area contributed by atoms with Crippen molar-refractivity contribution >= 4 is 5.91 Å². The van der Waals surface area contributed by atoms with Gasteiger partial charge in [-0.3, -0.25) is 4.79 Å². The Morgan fingerprint density at radius 3 is 2.41 bits per heavy atom. The molecule has 0 radical (unpaired) electrons. The molecule has 2 aliphatic rings. The van der Waals surface area contributed by atoms with Crippen LogP contribution in [-0.2, 0) is 4.79 Å². The number of carbonyl (C=O) groups excluding carboxylic acids is 1. The molecule has 0 saturated heterocycles. The van der Waals surface area contributed by atoms with Crippen molar-refractivity contribution in [3.63, 3.8) is 0 Å². The van der Waals surface area contributed by atoms with Crippen molar-refractivity contribution in [2.45, 2.75) is 51.0 Å². The van der Waals surface area contributed by atoms with Crippen LogP contribution in [0.5, 0.6) is 0 Å². The third-order valence-electron chi connectivity index (χ3n) is 4.30. The third-order valence-corrected chi connectivity index (χ3v) is 4.30. The van der Waals surface area contributed by atoms with Crippen molar-refractivity contribution < 1.29 is 9.90 Å². The van der Waals surface area contributed by atoms with E-state index in [0.717, 1.165) is 32.1 Å². The minimum Gasteiger partial charge on any atom is -0.396 e. The van der Waals surface area contributed by atoms with Crippen molar-refractivity contribution in [2.24, 2.45) is 11.3 Å². The second-order valence-corrected chi connectivity index (χ2v) is 5.42. The molecule has 1 amide bonds. The van der Waals surface area contributed by atoms with Crippen LogP contribution in [0.2, 0.25) is 0 Å². The van der Waals surface area contributed by atoms with E-state index in [1.54, 1.807) is 0 Å². The lowest BCUT2D eigenvalue weighted by molar-refractivity contribution is -0.132. The second-order valence-electron chi connectivity index (χ2n) is 5.42. The Morgan fingerprint density at radius 1 is 1.35 bits per heavy atom. The summed E-state index contributed by atoms with van der Waals surface area (Å²) in [7, 11) is 0. The van der Waals surface area contributed by atoms with Gasteiger partial charge in [-0.1, -0.05) is 0 Å². The van der Waals surface area contributed by atoms with Crippen molar-refractivity contribution in [3.8, 4) is 6.07 Å². The molecule has 94 valence electrons. The lowest BCUT2D eigenvalue weighted by atomic mass is 9.69. The van der Waals surface area contributed by atoms with Crippen molar-refractivity contribution in [2.75, 3.05) is 6.61 Å². The molecule has 0 aromatic rings. The van der Waals surface area contributed by atoms with Gasteiger partial charge in [-0.05, 0) is 50.9 Å². The molecule has 4 heteroatoms. The van der Waals surface area contributed by atoms with Gasteiger partial charge in [0.15, 0.2) is 0 Å². The highest BCUT2D eigenvalue weighted by molar-refractivity contribution is 5.86. The van der Waals surface area contributed by atoms with Gasteiger partial charge >= 0.3 is 0 Å². The number of aliphatic hydroxyl groups excluding tert-OH is 1. The highest BCUT2D eigenvalue weighted by atomic mass is 16.3. The first-order valence-electron chi connectivity index (χ1n) is 6.53. The maximum atomic E-state index is 12.0. The predicted molar refractivity (Wildman–Crippen MR) is 62.9 cm³/mol. The van der Waals surface area contributed by atoms with E-state index in [1.165, 1.54) is 0 Å². The number of nitriles is 1. The molecule has 0 bridgehead atoms. The van der Waals surface area contributed by atoms with Gasteiger partial charge in [0, 0.05) is 12.6 Å². The average molecular weight is 236 g/mol. The quantitative estimate of drug-likeness (QED) is 0.776. The van der Waals surface area contributed by atoms with Crippen LogP contribution in [0.1, 0.15) is 44.9 Å². The molecular weight excluding hydrogens is 216 g/mol. The van der Waals surface area contributed by atoms with Crippen molar-refractivity contribution in [1.29, 1.82) is 5.26 Å². The maximum absolute atomic E-state index is 12.0. The zero-order valence-electron chi connectivity index (χ0n) is 10.1. The monoisotopic (exact) mass is 236 g/mol. The summed E-state index contributed by atoms with van der Waals surface area (Å²) in [5.74, 6) is 0.329. The Hall–Kier alpha value is -1.08. The fourth-order valence-electron chi connectivity index (χ4n) is 2.73. The first kappa shape index (κ1) is 12.4. The van der Waals surface area contributed by atoms with Crippen LogP contribution in [0.15, 0.2) is 0 Å². The summed E-state index contributed by atoms with van der Waals surface area (Å²) in [5, 5.41) is 21.1. The summed E-state index contributed by atoms with van der Waals surface area (Å²) >= 11 is 0. The second kappa shape index (κ2) is 5.05. The van der Waals surface area contributed by atoms with Gasteiger partial charge in [-0.25, -0.2) is 0 Å². The molecule has 2 rings (SSSR count). The Bertz CT molecular complexity index is 323. The van der Waals surface area contributed by atoms with E-state index in [4.69, 9.17) is 10.4 Å². The minimum absolute atomic E-state index is 0.0706. The number of nitrogens with zero attached hydrogens (tertiary/aromatic N) is 1. The lowest BCUT2D eigenvalue weighted by Crippen LogP contribution is -2.49. The van der Waals surface area contributed by atoms with E-state index >= 15 is 0 Å². The topological polar surface area (TPSA) is 73.1 Å². The molecule has 2 fully saturated rings. The molecule has 0 unspecified atom stereocenters. The van der Waals surface area contributed by atoms with Crippen LogP contribution in [0.4, 0.5) is 0 Å². The summed E-state index contributed by atoms with van der Waals surface area (Å²) in [6.07, 6.45) is 6.21. The van der Waals surface area contributed by atoms with Gasteiger partial charge in [-0.2, -0.15) is 5.26 Å². The molecule has 0 aromatic heterocycles. The lowest BCUT2D eigenvalue weighted by Gasteiger charge is -2.36. The third kappa shape index (κ3) is 2.44. The fourth-order valence-corrected chi connectivity index (χ4v) is 2.73. The normalized spacial score (nSPS) is 31.1. The summed E-state index contributed by atoms with van der Waals surface area (Å²) < 4.78 is 0. The van der Waals surface area contributed by atoms with E-state index in [2.05, 4.69) is 11.4 Å². The van der Waals surface area contributed by atoms with Gasteiger partial charge in [0.2, 0.25) is 5.91 Å². The molecule has 17 heavy (non-hydrogen) atoms. The van der Waals surface area contributed by atoms with Crippen LogP contribution < -0.4 is 5.32 Å². The zero-order chi connectivity index (χ0) is 12.3. The largest absolute Gasteiger partial charge is 0.396 e. The van der Waals surface area contributed by atoms with E-state index < -0.39 is 5.41 Å². The molecule has 0 spiro atoms. The standard InChI is InChI=1S/C13H20N2O2/c14-9-13(6-1-7-13)12(17)15-11-4-2-10(8-16)3-5-11/h10-11,16H,1-8H2,(H,15,17). The molecular formula is C13H20N2O2.